The first kappa shape index (κ1) is 19.6. The molecular formula is C19H19N3O5S2. The van der Waals surface area contributed by atoms with Gasteiger partial charge in [0.1, 0.15) is 0 Å². The van der Waals surface area contributed by atoms with Crippen LogP contribution in [-0.2, 0) is 24.8 Å². The van der Waals surface area contributed by atoms with Crippen LogP contribution >= 0.6 is 0 Å². The van der Waals surface area contributed by atoms with Gasteiger partial charge in [-0.15, -0.1) is 0 Å². The minimum atomic E-state index is -4.03. The van der Waals surface area contributed by atoms with Gasteiger partial charge in [0.05, 0.1) is 21.4 Å². The molecule has 1 saturated heterocycles. The average molecular weight is 434 g/mol. The van der Waals surface area contributed by atoms with Gasteiger partial charge < -0.3 is 4.90 Å². The Labute approximate surface area is 169 Å². The molecule has 152 valence electrons. The van der Waals surface area contributed by atoms with Crippen LogP contribution in [0.5, 0.6) is 0 Å². The second-order valence-electron chi connectivity index (χ2n) is 6.89. The summed E-state index contributed by atoms with van der Waals surface area (Å²) in [6.07, 6.45) is 8.32. The number of amides is 1. The first-order valence-electron chi connectivity index (χ1n) is 8.91. The van der Waals surface area contributed by atoms with E-state index < -0.39 is 26.0 Å². The molecule has 1 aromatic carbocycles. The Bertz CT molecular complexity index is 1240. The van der Waals surface area contributed by atoms with Gasteiger partial charge in [-0.25, -0.2) is 22.0 Å². The minimum Gasteiger partial charge on any atom is -0.315 e. The summed E-state index contributed by atoms with van der Waals surface area (Å²) in [7, 11) is -8.00. The van der Waals surface area contributed by atoms with Crippen LogP contribution in [0.1, 0.15) is 6.92 Å². The summed E-state index contributed by atoms with van der Waals surface area (Å²) in [4.78, 5) is 14.2. The van der Waals surface area contributed by atoms with Crippen molar-refractivity contribution < 1.29 is 21.6 Å². The number of likely N-dealkylation sites (tertiary alicyclic amines) is 1. The summed E-state index contributed by atoms with van der Waals surface area (Å²) in [6.45, 7) is 2.38. The molecule has 0 saturated carbocycles. The average Bonchev–Trinajstić information content (AvgIpc) is 2.94. The molecule has 1 fully saturated rings. The fourth-order valence-corrected chi connectivity index (χ4v) is 5.81. The summed E-state index contributed by atoms with van der Waals surface area (Å²) < 4.78 is 51.7. The van der Waals surface area contributed by atoms with E-state index in [-0.39, 0.29) is 27.3 Å². The first-order valence-corrected chi connectivity index (χ1v) is 11.9. The van der Waals surface area contributed by atoms with Crippen molar-refractivity contribution in [3.8, 4) is 0 Å². The molecule has 0 spiro atoms. The Morgan fingerprint density at radius 3 is 2.59 bits per heavy atom. The number of hydrogen-bond donors (Lipinski definition) is 2. The predicted molar refractivity (Wildman–Crippen MR) is 108 cm³/mol. The van der Waals surface area contributed by atoms with Gasteiger partial charge >= 0.3 is 0 Å². The maximum atomic E-state index is 13.1. The Kier molecular flexibility index (Phi) is 4.52. The van der Waals surface area contributed by atoms with Crippen LogP contribution in [0.3, 0.4) is 0 Å². The van der Waals surface area contributed by atoms with Gasteiger partial charge in [-0.3, -0.25) is 9.52 Å². The maximum absolute atomic E-state index is 13.1. The normalized spacial score (nSPS) is 23.3. The van der Waals surface area contributed by atoms with E-state index in [9.17, 15) is 21.6 Å². The van der Waals surface area contributed by atoms with Crippen molar-refractivity contribution >= 4 is 31.6 Å². The molecule has 1 amide bonds. The molecule has 4 rings (SSSR count). The van der Waals surface area contributed by atoms with Crippen molar-refractivity contribution in [3.63, 3.8) is 0 Å². The standard InChI is InChI=1S/C19H19N3O5S2/c1-2-22-16-9-10-17(14-7-4-8-15(18(14)16)19(22)23)29(26,27)21-12-5-3-6-13(11-12)28(20,24)25/h3-11,15,18,21H,2H2,1H3,(H2,20,24,25). The predicted octanol–water partition coefficient (Wildman–Crippen LogP) is 1.45. The number of nitrogens with zero attached hydrogens (tertiary/aromatic N) is 1. The van der Waals surface area contributed by atoms with E-state index in [1.54, 1.807) is 29.2 Å². The molecule has 0 bridgehead atoms. The summed E-state index contributed by atoms with van der Waals surface area (Å²) >= 11 is 0. The SMILES string of the molecule is CCN1C(=O)C2C=CC=C3C(S(=O)(=O)Nc4cccc(S(N)(=O)=O)c4)=CC=C1C32. The van der Waals surface area contributed by atoms with Gasteiger partial charge in [0.25, 0.3) is 10.0 Å². The largest absolute Gasteiger partial charge is 0.315 e. The van der Waals surface area contributed by atoms with E-state index in [0.29, 0.717) is 12.1 Å². The number of anilines is 1. The maximum Gasteiger partial charge on any atom is 0.262 e. The lowest BCUT2D eigenvalue weighted by atomic mass is 9.80. The molecule has 2 atom stereocenters. The Morgan fingerprint density at radius 1 is 1.14 bits per heavy atom. The van der Waals surface area contributed by atoms with Gasteiger partial charge in [0.15, 0.2) is 0 Å². The Hall–Kier alpha value is -2.69. The van der Waals surface area contributed by atoms with E-state index in [0.717, 1.165) is 11.8 Å². The van der Waals surface area contributed by atoms with E-state index in [1.807, 2.05) is 6.92 Å². The third-order valence-electron chi connectivity index (χ3n) is 5.18. The highest BCUT2D eigenvalue weighted by molar-refractivity contribution is 7.96. The molecule has 2 aliphatic carbocycles. The van der Waals surface area contributed by atoms with Crippen LogP contribution in [0.15, 0.2) is 75.7 Å². The van der Waals surface area contributed by atoms with Crippen molar-refractivity contribution in [2.24, 2.45) is 17.0 Å². The van der Waals surface area contributed by atoms with Gasteiger partial charge in [0, 0.05) is 18.2 Å². The molecule has 0 radical (unpaired) electrons. The fourth-order valence-electron chi connectivity index (χ4n) is 3.95. The van der Waals surface area contributed by atoms with Crippen LogP contribution in [0.25, 0.3) is 0 Å². The number of allylic oxidation sites excluding steroid dienone is 6. The summed E-state index contributed by atoms with van der Waals surface area (Å²) in [5.41, 5.74) is 1.40. The highest BCUT2D eigenvalue weighted by atomic mass is 32.2. The number of primary sulfonamides is 1. The Morgan fingerprint density at radius 2 is 1.90 bits per heavy atom. The summed E-state index contributed by atoms with van der Waals surface area (Å²) in [6, 6.07) is 5.28. The lowest BCUT2D eigenvalue weighted by molar-refractivity contribution is -0.128. The molecule has 1 aliphatic heterocycles. The molecule has 29 heavy (non-hydrogen) atoms. The zero-order valence-corrected chi connectivity index (χ0v) is 17.1. The van der Waals surface area contributed by atoms with Crippen molar-refractivity contribution in [1.82, 2.24) is 4.90 Å². The zero-order valence-electron chi connectivity index (χ0n) is 15.4. The van der Waals surface area contributed by atoms with E-state index >= 15 is 0 Å². The summed E-state index contributed by atoms with van der Waals surface area (Å²) in [5, 5.41) is 5.12. The smallest absolute Gasteiger partial charge is 0.262 e. The quantitative estimate of drug-likeness (QED) is 0.727. The number of sulfonamides is 2. The second kappa shape index (κ2) is 6.68. The second-order valence-corrected chi connectivity index (χ2v) is 10.1. The summed E-state index contributed by atoms with van der Waals surface area (Å²) in [5.74, 6) is -0.822. The molecule has 1 aromatic rings. The van der Waals surface area contributed by atoms with Crippen LogP contribution in [0.4, 0.5) is 5.69 Å². The van der Waals surface area contributed by atoms with Crippen molar-refractivity contribution in [3.05, 3.63) is 70.8 Å². The zero-order chi connectivity index (χ0) is 21.0. The van der Waals surface area contributed by atoms with Crippen LogP contribution in [0.2, 0.25) is 0 Å². The van der Waals surface area contributed by atoms with Crippen molar-refractivity contribution in [2.45, 2.75) is 11.8 Å². The van der Waals surface area contributed by atoms with Crippen LogP contribution in [0, 0.1) is 11.8 Å². The number of rotatable bonds is 5. The fraction of sp³-hybridized carbons (Fsp3) is 0.211. The molecule has 1 heterocycles. The topological polar surface area (TPSA) is 127 Å². The number of carbonyl (C=O) groups excluding carboxylic acids is 1. The molecule has 10 heteroatoms. The third kappa shape index (κ3) is 3.22. The molecule has 0 aromatic heterocycles. The van der Waals surface area contributed by atoms with Crippen LogP contribution < -0.4 is 9.86 Å². The molecule has 2 unspecified atom stereocenters. The number of nitrogens with one attached hydrogen (secondary N) is 1. The third-order valence-corrected chi connectivity index (χ3v) is 7.55. The molecule has 8 nitrogen and oxygen atoms in total. The van der Waals surface area contributed by atoms with Crippen molar-refractivity contribution in [1.29, 1.82) is 0 Å². The minimum absolute atomic E-state index is 0.0485. The van der Waals surface area contributed by atoms with Gasteiger partial charge in [-0.2, -0.15) is 0 Å². The number of nitrogens with two attached hydrogens (primary N) is 1. The molecule has 3 N–H and O–H groups in total. The van der Waals surface area contributed by atoms with E-state index in [4.69, 9.17) is 5.14 Å². The van der Waals surface area contributed by atoms with Gasteiger partial charge in [-0.1, -0.05) is 24.3 Å². The molecular weight excluding hydrogens is 414 g/mol. The monoisotopic (exact) mass is 433 g/mol. The highest BCUT2D eigenvalue weighted by Gasteiger charge is 2.48. The number of hydrogen-bond acceptors (Lipinski definition) is 5. The first-order chi connectivity index (χ1) is 13.6. The Balaban J connectivity index is 1.73. The van der Waals surface area contributed by atoms with Gasteiger partial charge in [-0.05, 0) is 42.8 Å². The lowest BCUT2D eigenvalue weighted by Crippen LogP contribution is -2.25. The van der Waals surface area contributed by atoms with Crippen molar-refractivity contribution in [2.75, 3.05) is 11.3 Å². The van der Waals surface area contributed by atoms with E-state index in [2.05, 4.69) is 4.72 Å². The van der Waals surface area contributed by atoms with Gasteiger partial charge in [0.2, 0.25) is 15.9 Å². The number of benzene rings is 1. The number of carbonyl (C=O) groups is 1. The highest BCUT2D eigenvalue weighted by Crippen LogP contribution is 2.47. The van der Waals surface area contributed by atoms with Crippen LogP contribution in [-0.4, -0.2) is 34.2 Å². The van der Waals surface area contributed by atoms with E-state index in [1.165, 1.54) is 24.3 Å². The lowest BCUT2D eigenvalue weighted by Gasteiger charge is -2.28. The molecule has 3 aliphatic rings.